The molecule has 0 saturated carbocycles. The third-order valence-electron chi connectivity index (χ3n) is 10.2. The average molecular weight is 860 g/mol. The first-order valence-electron chi connectivity index (χ1n) is 16.6. The molecular formula is C40H47IrN2O3S2-. The van der Waals surface area contributed by atoms with Gasteiger partial charge in [0, 0.05) is 58.2 Å². The van der Waals surface area contributed by atoms with Gasteiger partial charge in [-0.25, -0.2) is 4.98 Å². The van der Waals surface area contributed by atoms with Crippen LogP contribution in [0.15, 0.2) is 58.3 Å². The summed E-state index contributed by atoms with van der Waals surface area (Å²) in [6, 6.07) is 14.5. The van der Waals surface area contributed by atoms with Gasteiger partial charge in [0.05, 0.1) is 0 Å². The first-order chi connectivity index (χ1) is 22.2. The zero-order chi connectivity index (χ0) is 34.3. The number of aromatic nitrogens is 2. The van der Waals surface area contributed by atoms with Crippen LogP contribution in [0.3, 0.4) is 0 Å². The molecule has 4 heterocycles. The maximum atomic E-state index is 12.2. The molecule has 5 nitrogen and oxygen atoms in total. The summed E-state index contributed by atoms with van der Waals surface area (Å²) >= 11 is 3.47. The number of nitrogens with zero attached hydrogens (tertiary/aromatic N) is 2. The average Bonchev–Trinajstić information content (AvgIpc) is 3.77. The van der Waals surface area contributed by atoms with Crippen LogP contribution in [0.1, 0.15) is 99.3 Å². The van der Waals surface area contributed by atoms with Crippen LogP contribution in [-0.4, -0.2) is 20.9 Å². The molecule has 0 bridgehead atoms. The van der Waals surface area contributed by atoms with E-state index in [0.29, 0.717) is 0 Å². The Morgan fingerprint density at radius 1 is 0.958 bits per heavy atom. The van der Waals surface area contributed by atoms with E-state index in [1.54, 1.807) is 29.0 Å². The SMILES string of the molecule is CCC(C)(CC)C(=O)/C=C(\O)C(C)(CC)CC.Cc1cc2cc3c(cc2o1)sc1ncnc(-c2[c-]c4ccsc4c(C(C)(C)C)c2)c13.[Ir]. The number of hydrogen-bond acceptors (Lipinski definition) is 7. The van der Waals surface area contributed by atoms with Gasteiger partial charge in [-0.15, -0.1) is 34.9 Å². The number of hydrogen-bond donors (Lipinski definition) is 1. The molecule has 0 saturated heterocycles. The molecular weight excluding hydrogens is 813 g/mol. The van der Waals surface area contributed by atoms with Crippen LogP contribution in [0.5, 0.6) is 0 Å². The standard InChI is InChI=1S/C25H19N2OS2.C15H28O2.Ir/c1-13-7-15-9-17-20(11-19(15)28-13)30-24-21(17)22(26-12-27-24)16-8-14-5-6-29-23(14)18(10-16)25(2,3)4;1-7-14(5,8-2)12(16)11-13(17)15(6,9-3)10-4;/h5-7,9-12H,1-4H3;11,16H,7-10H2,1-6H3;/q-1;;/b;12-11-;. The second kappa shape index (κ2) is 14.5. The minimum atomic E-state index is -0.337. The summed E-state index contributed by atoms with van der Waals surface area (Å²) in [7, 11) is 0. The van der Waals surface area contributed by atoms with Crippen molar-refractivity contribution in [1.82, 2.24) is 9.97 Å². The largest absolute Gasteiger partial charge is 0.512 e. The van der Waals surface area contributed by atoms with Crippen LogP contribution < -0.4 is 0 Å². The summed E-state index contributed by atoms with van der Waals surface area (Å²) in [4.78, 5) is 22.5. The quantitative estimate of drug-likeness (QED) is 0.0937. The Balaban J connectivity index is 0.000000251. The molecule has 0 aliphatic carbocycles. The van der Waals surface area contributed by atoms with Crippen LogP contribution in [0.2, 0.25) is 0 Å². The molecule has 2 aromatic carbocycles. The van der Waals surface area contributed by atoms with E-state index in [1.165, 1.54) is 26.4 Å². The maximum Gasteiger partial charge on any atom is 0.164 e. The minimum absolute atomic E-state index is 0. The second-order valence-corrected chi connectivity index (χ2v) is 16.1. The number of allylic oxidation sites excluding steroid dienone is 2. The minimum Gasteiger partial charge on any atom is -0.512 e. The van der Waals surface area contributed by atoms with E-state index in [0.717, 1.165) is 69.3 Å². The number of ketones is 1. The number of furan rings is 1. The predicted molar refractivity (Wildman–Crippen MR) is 201 cm³/mol. The molecule has 0 fully saturated rings. The molecule has 4 aromatic heterocycles. The van der Waals surface area contributed by atoms with Crippen molar-refractivity contribution < 1.29 is 34.4 Å². The summed E-state index contributed by atoms with van der Waals surface area (Å²) in [6.45, 7) is 20.9. The molecule has 1 N–H and O–H groups in total. The number of thiophene rings is 2. The van der Waals surface area contributed by atoms with Gasteiger partial charge in [-0.05, 0) is 71.7 Å². The van der Waals surface area contributed by atoms with Crippen molar-refractivity contribution >= 4 is 69.8 Å². The van der Waals surface area contributed by atoms with E-state index in [1.807, 2.05) is 48.5 Å². The fraction of sp³-hybridized carbons (Fsp3) is 0.425. The van der Waals surface area contributed by atoms with E-state index in [2.05, 4.69) is 67.5 Å². The van der Waals surface area contributed by atoms with Crippen molar-refractivity contribution in [3.8, 4) is 11.3 Å². The normalized spacial score (nSPS) is 12.8. The van der Waals surface area contributed by atoms with Crippen LogP contribution in [-0.2, 0) is 30.3 Å². The fourth-order valence-corrected chi connectivity index (χ4v) is 7.99. The van der Waals surface area contributed by atoms with Crippen molar-refractivity contribution in [2.45, 2.75) is 100 Å². The Labute approximate surface area is 306 Å². The first kappa shape index (κ1) is 37.9. The zero-order valence-electron chi connectivity index (χ0n) is 29.8. The van der Waals surface area contributed by atoms with Crippen molar-refractivity contribution in [2.75, 3.05) is 0 Å². The smallest absolute Gasteiger partial charge is 0.164 e. The monoisotopic (exact) mass is 860 g/mol. The molecule has 0 spiro atoms. The van der Waals surface area contributed by atoms with Gasteiger partial charge in [-0.1, -0.05) is 73.4 Å². The topological polar surface area (TPSA) is 76.2 Å². The number of aliphatic hydroxyl groups excluding tert-OH is 1. The second-order valence-electron chi connectivity index (χ2n) is 14.2. The molecule has 257 valence electrons. The Bertz CT molecular complexity index is 2100. The van der Waals surface area contributed by atoms with E-state index < -0.39 is 0 Å². The fourth-order valence-electron chi connectivity index (χ4n) is 5.85. The van der Waals surface area contributed by atoms with Gasteiger partial charge >= 0.3 is 0 Å². The molecule has 0 amide bonds. The van der Waals surface area contributed by atoms with E-state index in [9.17, 15) is 9.90 Å². The molecule has 6 rings (SSSR count). The van der Waals surface area contributed by atoms with Gasteiger partial charge in [0.15, 0.2) is 5.78 Å². The van der Waals surface area contributed by atoms with Gasteiger partial charge in [0.25, 0.3) is 0 Å². The van der Waals surface area contributed by atoms with Gasteiger partial charge in [-0.3, -0.25) is 9.78 Å². The van der Waals surface area contributed by atoms with Crippen molar-refractivity contribution in [3.05, 3.63) is 71.3 Å². The third-order valence-corrected chi connectivity index (χ3v) is 12.2. The Morgan fingerprint density at radius 3 is 2.25 bits per heavy atom. The summed E-state index contributed by atoms with van der Waals surface area (Å²) < 4.78 is 8.32. The molecule has 48 heavy (non-hydrogen) atoms. The predicted octanol–water partition coefficient (Wildman–Crippen LogP) is 12.5. The molecule has 0 unspecified atom stereocenters. The van der Waals surface area contributed by atoms with Crippen molar-refractivity contribution in [3.63, 3.8) is 0 Å². The number of fused-ring (bicyclic) bond motifs is 5. The van der Waals surface area contributed by atoms with Crippen LogP contribution in [0, 0.1) is 23.8 Å². The van der Waals surface area contributed by atoms with E-state index in [-0.39, 0.29) is 47.9 Å². The number of rotatable bonds is 8. The third kappa shape index (κ3) is 7.19. The molecule has 8 heteroatoms. The van der Waals surface area contributed by atoms with E-state index >= 15 is 0 Å². The maximum absolute atomic E-state index is 12.2. The van der Waals surface area contributed by atoms with Gasteiger partial charge in [0.1, 0.15) is 28.3 Å². The van der Waals surface area contributed by atoms with Gasteiger partial charge in [0.2, 0.25) is 0 Å². The van der Waals surface area contributed by atoms with Crippen LogP contribution in [0.25, 0.3) is 52.6 Å². The van der Waals surface area contributed by atoms with Gasteiger partial charge in [-0.2, -0.15) is 11.3 Å². The van der Waals surface area contributed by atoms with Gasteiger partial charge < -0.3 is 9.52 Å². The van der Waals surface area contributed by atoms with Crippen molar-refractivity contribution in [1.29, 1.82) is 0 Å². The first-order valence-corrected chi connectivity index (χ1v) is 18.3. The zero-order valence-corrected chi connectivity index (χ0v) is 33.8. The number of carbonyl (C=O) groups is 1. The molecule has 1 radical (unpaired) electrons. The number of carbonyl (C=O) groups excluding carboxylic acids is 1. The Morgan fingerprint density at radius 2 is 1.62 bits per heavy atom. The molecule has 6 aromatic rings. The Kier molecular flexibility index (Phi) is 11.5. The van der Waals surface area contributed by atoms with E-state index in [4.69, 9.17) is 9.40 Å². The van der Waals surface area contributed by atoms with Crippen LogP contribution in [0.4, 0.5) is 0 Å². The number of aliphatic hydroxyl groups is 1. The summed E-state index contributed by atoms with van der Waals surface area (Å²) in [5, 5.41) is 16.8. The number of aryl methyl sites for hydroxylation is 1. The van der Waals surface area contributed by atoms with Crippen molar-refractivity contribution in [2.24, 2.45) is 10.8 Å². The molecule has 0 atom stereocenters. The number of benzene rings is 2. The summed E-state index contributed by atoms with van der Waals surface area (Å²) in [6.07, 6.45) is 6.42. The Hall–Kier alpha value is -2.90. The molecule has 0 aliphatic rings. The summed E-state index contributed by atoms with van der Waals surface area (Å²) in [5.74, 6) is 1.21. The van der Waals surface area contributed by atoms with Crippen LogP contribution >= 0.6 is 22.7 Å². The summed E-state index contributed by atoms with van der Waals surface area (Å²) in [5.41, 5.74) is 3.67. The molecule has 0 aliphatic heterocycles.